The molecule has 0 aromatic heterocycles. The van der Waals surface area contributed by atoms with Gasteiger partial charge in [-0.15, -0.1) is 0 Å². The Balaban J connectivity index is 2.33. The van der Waals surface area contributed by atoms with Crippen LogP contribution >= 0.6 is 0 Å². The fraction of sp³-hybridized carbons (Fsp3) is 0.0714. The maximum Gasteiger partial charge on any atom is 0.273 e. The van der Waals surface area contributed by atoms with E-state index in [-0.39, 0.29) is 21.8 Å². The first-order valence-electron chi connectivity index (χ1n) is 6.38. The molecule has 0 heterocycles. The first-order chi connectivity index (χ1) is 10.7. The number of primary amides is 1. The zero-order valence-corrected chi connectivity index (χ0v) is 12.8. The highest BCUT2D eigenvalue weighted by Gasteiger charge is 2.20. The van der Waals surface area contributed by atoms with E-state index in [9.17, 15) is 23.3 Å². The number of amides is 1. The summed E-state index contributed by atoms with van der Waals surface area (Å²) in [5.41, 5.74) is 5.62. The van der Waals surface area contributed by atoms with E-state index in [0.29, 0.717) is 5.56 Å². The Morgan fingerprint density at radius 1 is 1.17 bits per heavy atom. The van der Waals surface area contributed by atoms with E-state index in [4.69, 9.17) is 5.73 Å². The quantitative estimate of drug-likeness (QED) is 0.635. The largest absolute Gasteiger partial charge is 0.366 e. The van der Waals surface area contributed by atoms with Crippen LogP contribution in [0.4, 0.5) is 11.4 Å². The van der Waals surface area contributed by atoms with Gasteiger partial charge >= 0.3 is 0 Å². The molecular weight excluding hydrogens is 322 g/mol. The molecule has 0 aliphatic rings. The van der Waals surface area contributed by atoms with E-state index in [2.05, 4.69) is 4.72 Å². The van der Waals surface area contributed by atoms with Crippen molar-refractivity contribution >= 4 is 27.3 Å². The minimum atomic E-state index is -3.99. The maximum atomic E-state index is 12.3. The Kier molecular flexibility index (Phi) is 4.32. The number of carbonyl (C=O) groups is 1. The summed E-state index contributed by atoms with van der Waals surface area (Å²) in [7, 11) is -3.99. The van der Waals surface area contributed by atoms with Crippen molar-refractivity contribution in [1.82, 2.24) is 0 Å². The molecule has 0 radical (unpaired) electrons. The summed E-state index contributed by atoms with van der Waals surface area (Å²) in [6, 6.07) is 9.14. The van der Waals surface area contributed by atoms with E-state index in [1.807, 2.05) is 0 Å². The van der Waals surface area contributed by atoms with Gasteiger partial charge in [0.25, 0.3) is 15.7 Å². The second-order valence-corrected chi connectivity index (χ2v) is 6.43. The molecule has 0 bridgehead atoms. The van der Waals surface area contributed by atoms with Crippen LogP contribution in [0.5, 0.6) is 0 Å². The summed E-state index contributed by atoms with van der Waals surface area (Å²) >= 11 is 0. The van der Waals surface area contributed by atoms with Crippen LogP contribution in [0.1, 0.15) is 15.9 Å². The summed E-state index contributed by atoms with van der Waals surface area (Å²) in [5.74, 6) is -0.631. The van der Waals surface area contributed by atoms with Gasteiger partial charge in [-0.05, 0) is 37.3 Å². The first kappa shape index (κ1) is 16.4. The van der Waals surface area contributed by atoms with Gasteiger partial charge in [0.1, 0.15) is 0 Å². The third-order valence-corrected chi connectivity index (χ3v) is 4.49. The van der Waals surface area contributed by atoms with Crippen LogP contribution in [0.3, 0.4) is 0 Å². The number of hydrogen-bond donors (Lipinski definition) is 2. The molecule has 1 amide bonds. The van der Waals surface area contributed by atoms with Crippen LogP contribution < -0.4 is 10.5 Å². The molecule has 9 heteroatoms. The van der Waals surface area contributed by atoms with E-state index in [1.54, 1.807) is 0 Å². The van der Waals surface area contributed by atoms with Crippen molar-refractivity contribution in [1.29, 1.82) is 0 Å². The molecule has 2 aromatic carbocycles. The van der Waals surface area contributed by atoms with Gasteiger partial charge in [0.15, 0.2) is 0 Å². The average molecular weight is 335 g/mol. The number of nitrogens with two attached hydrogens (primary N) is 1. The second-order valence-electron chi connectivity index (χ2n) is 4.75. The molecule has 0 saturated carbocycles. The van der Waals surface area contributed by atoms with Crippen molar-refractivity contribution in [2.75, 3.05) is 4.72 Å². The van der Waals surface area contributed by atoms with Crippen molar-refractivity contribution in [2.24, 2.45) is 5.73 Å². The SMILES string of the molecule is Cc1ccc(S(=O)(=O)Nc2ccc(C(N)=O)cc2)cc1[N+](=O)[O-]. The van der Waals surface area contributed by atoms with Gasteiger partial charge in [-0.2, -0.15) is 0 Å². The summed E-state index contributed by atoms with van der Waals surface area (Å²) in [4.78, 5) is 21.0. The molecule has 2 aromatic rings. The number of aryl methyl sites for hydroxylation is 1. The molecule has 0 unspecified atom stereocenters. The maximum absolute atomic E-state index is 12.3. The lowest BCUT2D eigenvalue weighted by atomic mass is 10.2. The van der Waals surface area contributed by atoms with Crippen molar-refractivity contribution in [3.8, 4) is 0 Å². The molecule has 0 spiro atoms. The predicted octanol–water partition coefficient (Wildman–Crippen LogP) is 1.80. The number of hydrogen-bond acceptors (Lipinski definition) is 5. The number of rotatable bonds is 5. The smallest absolute Gasteiger partial charge is 0.273 e. The number of nitrogens with zero attached hydrogens (tertiary/aromatic N) is 1. The fourth-order valence-electron chi connectivity index (χ4n) is 1.87. The molecule has 0 saturated heterocycles. The van der Waals surface area contributed by atoms with Gasteiger partial charge < -0.3 is 5.73 Å². The molecule has 0 aliphatic heterocycles. The number of nitrogens with one attached hydrogen (secondary N) is 1. The molecule has 120 valence electrons. The van der Waals surface area contributed by atoms with Crippen molar-refractivity contribution < 1.29 is 18.1 Å². The Morgan fingerprint density at radius 3 is 2.30 bits per heavy atom. The molecule has 0 atom stereocenters. The topological polar surface area (TPSA) is 132 Å². The van der Waals surface area contributed by atoms with Crippen LogP contribution in [0, 0.1) is 17.0 Å². The molecule has 2 rings (SSSR count). The lowest BCUT2D eigenvalue weighted by Crippen LogP contribution is -2.14. The van der Waals surface area contributed by atoms with Crippen molar-refractivity contribution in [3.05, 3.63) is 63.7 Å². The molecule has 0 fully saturated rings. The zero-order chi connectivity index (χ0) is 17.2. The lowest BCUT2D eigenvalue weighted by Gasteiger charge is -2.09. The number of anilines is 1. The Bertz CT molecular complexity index is 876. The number of sulfonamides is 1. The highest BCUT2D eigenvalue weighted by atomic mass is 32.2. The third kappa shape index (κ3) is 3.64. The summed E-state index contributed by atoms with van der Waals surface area (Å²) in [5, 5.41) is 10.9. The molecular formula is C14H13N3O5S. The van der Waals surface area contributed by atoms with Gasteiger partial charge in [-0.3, -0.25) is 19.6 Å². The second kappa shape index (κ2) is 6.05. The van der Waals surface area contributed by atoms with Gasteiger partial charge in [-0.25, -0.2) is 8.42 Å². The molecule has 8 nitrogen and oxygen atoms in total. The number of nitro benzene ring substituents is 1. The monoisotopic (exact) mass is 335 g/mol. The number of benzene rings is 2. The first-order valence-corrected chi connectivity index (χ1v) is 7.87. The molecule has 3 N–H and O–H groups in total. The number of carbonyl (C=O) groups excluding carboxylic acids is 1. The summed E-state index contributed by atoms with van der Waals surface area (Å²) < 4.78 is 26.8. The van der Waals surface area contributed by atoms with Crippen LogP contribution in [-0.4, -0.2) is 19.2 Å². The van der Waals surface area contributed by atoms with E-state index < -0.39 is 20.9 Å². The van der Waals surface area contributed by atoms with Crippen LogP contribution in [0.25, 0.3) is 0 Å². The predicted molar refractivity (Wildman–Crippen MR) is 83.6 cm³/mol. The Labute approximate surface area is 132 Å². The van der Waals surface area contributed by atoms with Gasteiger partial charge in [0, 0.05) is 22.9 Å². The highest BCUT2D eigenvalue weighted by Crippen LogP contribution is 2.24. The minimum absolute atomic E-state index is 0.207. The normalized spacial score (nSPS) is 11.0. The minimum Gasteiger partial charge on any atom is -0.366 e. The third-order valence-electron chi connectivity index (χ3n) is 3.11. The zero-order valence-electron chi connectivity index (χ0n) is 12.0. The lowest BCUT2D eigenvalue weighted by molar-refractivity contribution is -0.385. The Morgan fingerprint density at radius 2 is 1.78 bits per heavy atom. The number of nitro groups is 1. The van der Waals surface area contributed by atoms with E-state index in [1.165, 1.54) is 43.3 Å². The highest BCUT2D eigenvalue weighted by molar-refractivity contribution is 7.92. The summed E-state index contributed by atoms with van der Waals surface area (Å²) in [6.45, 7) is 1.52. The van der Waals surface area contributed by atoms with Crippen molar-refractivity contribution in [3.63, 3.8) is 0 Å². The van der Waals surface area contributed by atoms with Gasteiger partial charge in [0.2, 0.25) is 5.91 Å². The molecule has 23 heavy (non-hydrogen) atoms. The van der Waals surface area contributed by atoms with Crippen molar-refractivity contribution in [2.45, 2.75) is 11.8 Å². The summed E-state index contributed by atoms with van der Waals surface area (Å²) in [6.07, 6.45) is 0. The fourth-order valence-corrected chi connectivity index (χ4v) is 2.95. The van der Waals surface area contributed by atoms with Gasteiger partial charge in [0.05, 0.1) is 9.82 Å². The standard InChI is InChI=1S/C14H13N3O5S/c1-9-2-7-12(8-13(9)17(19)20)23(21,22)16-11-5-3-10(4-6-11)14(15)18/h2-8,16H,1H3,(H2,15,18). The van der Waals surface area contributed by atoms with Crippen LogP contribution in [-0.2, 0) is 10.0 Å². The van der Waals surface area contributed by atoms with Gasteiger partial charge in [-0.1, -0.05) is 6.07 Å². The van der Waals surface area contributed by atoms with E-state index in [0.717, 1.165) is 6.07 Å². The molecule has 0 aliphatic carbocycles. The van der Waals surface area contributed by atoms with E-state index >= 15 is 0 Å². The van der Waals surface area contributed by atoms with Crippen LogP contribution in [0.15, 0.2) is 47.4 Å². The van der Waals surface area contributed by atoms with Crippen LogP contribution in [0.2, 0.25) is 0 Å². The average Bonchev–Trinajstić information content (AvgIpc) is 2.47. The Hall–Kier alpha value is -2.94.